The van der Waals surface area contributed by atoms with Gasteiger partial charge in [-0.1, -0.05) is 19.4 Å². The number of unbranched alkanes of at least 4 members (excludes halogenated alkanes) is 1. The van der Waals surface area contributed by atoms with Crippen molar-refractivity contribution in [1.29, 1.82) is 0 Å². The van der Waals surface area contributed by atoms with Crippen LogP contribution in [-0.2, 0) is 4.79 Å². The van der Waals surface area contributed by atoms with Gasteiger partial charge in [-0.15, -0.1) is 0 Å². The number of nitro groups is 1. The third kappa shape index (κ3) is 5.30. The molecule has 0 aromatic heterocycles. The second-order valence-electron chi connectivity index (χ2n) is 4.21. The summed E-state index contributed by atoms with van der Waals surface area (Å²) >= 11 is 1.58. The molecule has 1 aromatic rings. The number of aryl methyl sites for hydroxylation is 1. The molecule has 0 heterocycles. The largest absolute Gasteiger partial charge is 0.325 e. The molecule has 19 heavy (non-hydrogen) atoms. The number of thioether (sulfide) groups is 1. The number of nitrogens with one attached hydrogen (secondary N) is 1. The molecule has 104 valence electrons. The second-order valence-corrected chi connectivity index (χ2v) is 5.32. The molecule has 0 radical (unpaired) electrons. The van der Waals surface area contributed by atoms with E-state index in [-0.39, 0.29) is 11.6 Å². The number of nitro benzene ring substituents is 1. The van der Waals surface area contributed by atoms with Crippen LogP contribution < -0.4 is 5.32 Å². The Kier molecular flexibility index (Phi) is 6.35. The van der Waals surface area contributed by atoms with Gasteiger partial charge in [-0.3, -0.25) is 14.9 Å². The van der Waals surface area contributed by atoms with Crippen LogP contribution in [0.4, 0.5) is 11.4 Å². The topological polar surface area (TPSA) is 72.2 Å². The fourth-order valence-electron chi connectivity index (χ4n) is 1.46. The van der Waals surface area contributed by atoms with Gasteiger partial charge in [0.15, 0.2) is 0 Å². The molecule has 6 heteroatoms. The number of non-ortho nitro benzene ring substituents is 1. The third-order valence-corrected chi connectivity index (χ3v) is 3.63. The molecule has 0 unspecified atom stereocenters. The Hall–Kier alpha value is -1.56. The van der Waals surface area contributed by atoms with E-state index in [9.17, 15) is 14.9 Å². The molecular weight excluding hydrogens is 264 g/mol. The standard InChI is InChI=1S/C13H18N2O3S/c1-3-4-7-19-9-13(16)14-12-8-11(15(17)18)6-5-10(12)2/h5-6,8H,3-4,7,9H2,1-2H3,(H,14,16). The number of hydrogen-bond donors (Lipinski definition) is 1. The van der Waals surface area contributed by atoms with Crippen LogP contribution in [0.5, 0.6) is 0 Å². The number of benzene rings is 1. The Bertz CT molecular complexity index is 463. The minimum Gasteiger partial charge on any atom is -0.325 e. The predicted molar refractivity (Wildman–Crippen MR) is 78.7 cm³/mol. The Labute approximate surface area is 116 Å². The van der Waals surface area contributed by atoms with E-state index in [0.29, 0.717) is 11.4 Å². The summed E-state index contributed by atoms with van der Waals surface area (Å²) in [7, 11) is 0. The van der Waals surface area contributed by atoms with Crippen LogP contribution in [0, 0.1) is 17.0 Å². The molecule has 1 rings (SSSR count). The maximum absolute atomic E-state index is 11.7. The van der Waals surface area contributed by atoms with Gasteiger partial charge >= 0.3 is 0 Å². The lowest BCUT2D eigenvalue weighted by Crippen LogP contribution is -2.15. The molecule has 1 amide bonds. The molecule has 0 spiro atoms. The first-order valence-electron chi connectivity index (χ1n) is 6.17. The quantitative estimate of drug-likeness (QED) is 0.473. The van der Waals surface area contributed by atoms with Crippen molar-refractivity contribution in [2.75, 3.05) is 16.8 Å². The minimum absolute atomic E-state index is 0.0143. The molecular formula is C13H18N2O3S. The zero-order chi connectivity index (χ0) is 14.3. The number of rotatable bonds is 7. The zero-order valence-corrected chi connectivity index (χ0v) is 12.0. The van der Waals surface area contributed by atoms with E-state index in [2.05, 4.69) is 12.2 Å². The Morgan fingerprint density at radius 2 is 2.21 bits per heavy atom. The molecule has 0 saturated carbocycles. The van der Waals surface area contributed by atoms with Crippen LogP contribution in [0.15, 0.2) is 18.2 Å². The molecule has 0 fully saturated rings. The number of hydrogen-bond acceptors (Lipinski definition) is 4. The normalized spacial score (nSPS) is 10.2. The average Bonchev–Trinajstić information content (AvgIpc) is 2.37. The van der Waals surface area contributed by atoms with Crippen molar-refractivity contribution in [1.82, 2.24) is 0 Å². The number of nitrogens with zero attached hydrogens (tertiary/aromatic N) is 1. The average molecular weight is 282 g/mol. The highest BCUT2D eigenvalue weighted by atomic mass is 32.2. The first-order valence-corrected chi connectivity index (χ1v) is 7.32. The van der Waals surface area contributed by atoms with Crippen molar-refractivity contribution in [3.63, 3.8) is 0 Å². The Balaban J connectivity index is 2.58. The van der Waals surface area contributed by atoms with E-state index in [4.69, 9.17) is 0 Å². The van der Waals surface area contributed by atoms with Gasteiger partial charge in [0.05, 0.1) is 16.4 Å². The van der Waals surface area contributed by atoms with E-state index in [1.54, 1.807) is 17.8 Å². The Morgan fingerprint density at radius 1 is 1.47 bits per heavy atom. The smallest absolute Gasteiger partial charge is 0.271 e. The number of anilines is 1. The van der Waals surface area contributed by atoms with Crippen molar-refractivity contribution in [2.24, 2.45) is 0 Å². The summed E-state index contributed by atoms with van der Waals surface area (Å²) in [4.78, 5) is 21.9. The highest BCUT2D eigenvalue weighted by Crippen LogP contribution is 2.22. The zero-order valence-electron chi connectivity index (χ0n) is 11.1. The lowest BCUT2D eigenvalue weighted by atomic mass is 10.2. The molecule has 1 N–H and O–H groups in total. The molecule has 0 aliphatic rings. The first kappa shape index (κ1) is 15.5. The van der Waals surface area contributed by atoms with Gasteiger partial charge in [-0.2, -0.15) is 11.8 Å². The van der Waals surface area contributed by atoms with Crippen molar-refractivity contribution >= 4 is 29.0 Å². The van der Waals surface area contributed by atoms with Crippen molar-refractivity contribution in [3.8, 4) is 0 Å². The summed E-state index contributed by atoms with van der Waals surface area (Å²) in [6, 6.07) is 4.46. The summed E-state index contributed by atoms with van der Waals surface area (Å²) < 4.78 is 0. The van der Waals surface area contributed by atoms with Crippen molar-refractivity contribution in [3.05, 3.63) is 33.9 Å². The van der Waals surface area contributed by atoms with Crippen LogP contribution in [0.1, 0.15) is 25.3 Å². The van der Waals surface area contributed by atoms with Gasteiger partial charge < -0.3 is 5.32 Å². The molecule has 0 aliphatic carbocycles. The number of carbonyl (C=O) groups is 1. The lowest BCUT2D eigenvalue weighted by Gasteiger charge is -2.08. The van der Waals surface area contributed by atoms with Crippen LogP contribution in [0.2, 0.25) is 0 Å². The molecule has 1 aromatic carbocycles. The molecule has 0 atom stereocenters. The highest BCUT2D eigenvalue weighted by molar-refractivity contribution is 7.99. The fourth-order valence-corrected chi connectivity index (χ4v) is 2.35. The maximum Gasteiger partial charge on any atom is 0.271 e. The molecule has 5 nitrogen and oxygen atoms in total. The van der Waals surface area contributed by atoms with Gasteiger partial charge in [0, 0.05) is 12.1 Å². The minimum atomic E-state index is -0.467. The molecule has 0 aliphatic heterocycles. The van der Waals surface area contributed by atoms with E-state index in [0.717, 1.165) is 24.2 Å². The fraction of sp³-hybridized carbons (Fsp3) is 0.462. The van der Waals surface area contributed by atoms with Crippen LogP contribution in [0.3, 0.4) is 0 Å². The van der Waals surface area contributed by atoms with Gasteiger partial charge in [0.1, 0.15) is 0 Å². The summed E-state index contributed by atoms with van der Waals surface area (Å²) in [6.45, 7) is 3.91. The summed E-state index contributed by atoms with van der Waals surface area (Å²) in [5, 5.41) is 13.4. The van der Waals surface area contributed by atoms with Crippen molar-refractivity contribution in [2.45, 2.75) is 26.7 Å². The second kappa shape index (κ2) is 7.78. The SMILES string of the molecule is CCCCSCC(=O)Nc1cc([N+](=O)[O-])ccc1C. The summed E-state index contributed by atoms with van der Waals surface area (Å²) in [5.74, 6) is 1.21. The van der Waals surface area contributed by atoms with Gasteiger partial charge in [0.25, 0.3) is 5.69 Å². The Morgan fingerprint density at radius 3 is 2.84 bits per heavy atom. The number of carbonyl (C=O) groups excluding carboxylic acids is 1. The van der Waals surface area contributed by atoms with E-state index in [1.165, 1.54) is 12.1 Å². The van der Waals surface area contributed by atoms with Gasteiger partial charge in [-0.05, 0) is 24.7 Å². The number of amides is 1. The van der Waals surface area contributed by atoms with Gasteiger partial charge in [-0.25, -0.2) is 0 Å². The maximum atomic E-state index is 11.7. The van der Waals surface area contributed by atoms with E-state index >= 15 is 0 Å². The van der Waals surface area contributed by atoms with E-state index in [1.807, 2.05) is 6.92 Å². The van der Waals surface area contributed by atoms with Crippen LogP contribution >= 0.6 is 11.8 Å². The lowest BCUT2D eigenvalue weighted by molar-refractivity contribution is -0.384. The summed E-state index contributed by atoms with van der Waals surface area (Å²) in [6.07, 6.45) is 2.20. The third-order valence-electron chi connectivity index (χ3n) is 2.58. The molecule has 0 saturated heterocycles. The van der Waals surface area contributed by atoms with Crippen molar-refractivity contribution < 1.29 is 9.72 Å². The highest BCUT2D eigenvalue weighted by Gasteiger charge is 2.10. The van der Waals surface area contributed by atoms with Crippen LogP contribution in [0.25, 0.3) is 0 Å². The van der Waals surface area contributed by atoms with E-state index < -0.39 is 4.92 Å². The van der Waals surface area contributed by atoms with Gasteiger partial charge in [0.2, 0.25) is 5.91 Å². The van der Waals surface area contributed by atoms with Crippen LogP contribution in [-0.4, -0.2) is 22.3 Å². The summed E-state index contributed by atoms with van der Waals surface area (Å²) in [5.41, 5.74) is 1.31. The first-order chi connectivity index (χ1) is 9.04. The monoisotopic (exact) mass is 282 g/mol. The predicted octanol–water partition coefficient (Wildman–Crippen LogP) is 3.38. The molecule has 0 bridgehead atoms.